The van der Waals surface area contributed by atoms with Crippen molar-refractivity contribution in [1.29, 1.82) is 0 Å². The number of nitrogens with zero attached hydrogens (tertiary/aromatic N) is 1. The number of aryl methyl sites for hydroxylation is 1. The predicted octanol–water partition coefficient (Wildman–Crippen LogP) is 2.64. The van der Waals surface area contributed by atoms with Crippen molar-refractivity contribution < 1.29 is 9.90 Å². The van der Waals surface area contributed by atoms with Crippen molar-refractivity contribution in [2.75, 3.05) is 18.5 Å². The van der Waals surface area contributed by atoms with E-state index in [-0.39, 0.29) is 0 Å². The van der Waals surface area contributed by atoms with E-state index in [4.69, 9.17) is 0 Å². The summed E-state index contributed by atoms with van der Waals surface area (Å²) in [5.41, 5.74) is 5.76. The molecule has 0 radical (unpaired) electrons. The molecule has 0 spiro atoms. The summed E-state index contributed by atoms with van der Waals surface area (Å²) in [5, 5.41) is 11.2. The van der Waals surface area contributed by atoms with Crippen molar-refractivity contribution >= 4 is 17.7 Å². The summed E-state index contributed by atoms with van der Waals surface area (Å²) in [4.78, 5) is 13.3. The van der Waals surface area contributed by atoms with Crippen LogP contribution in [0, 0.1) is 6.92 Å². The van der Waals surface area contributed by atoms with Crippen molar-refractivity contribution in [1.82, 2.24) is 0 Å². The van der Waals surface area contributed by atoms with E-state index in [0.717, 1.165) is 22.4 Å². The summed E-state index contributed by atoms with van der Waals surface area (Å²) < 4.78 is 0. The summed E-state index contributed by atoms with van der Waals surface area (Å²) >= 11 is 0. The van der Waals surface area contributed by atoms with Crippen LogP contribution in [0.15, 0.2) is 48.0 Å². The lowest BCUT2D eigenvalue weighted by atomic mass is 9.99. The first-order valence-corrected chi connectivity index (χ1v) is 7.39. The van der Waals surface area contributed by atoms with Gasteiger partial charge in [0, 0.05) is 19.3 Å². The molecule has 3 heteroatoms. The summed E-state index contributed by atoms with van der Waals surface area (Å²) in [5.74, 6) is -1.08. The predicted molar refractivity (Wildman–Crippen MR) is 87.5 cm³/mol. The maximum atomic E-state index is 11.2. The van der Waals surface area contributed by atoms with Gasteiger partial charge in [-0.25, -0.2) is 0 Å². The molecule has 1 heterocycles. The van der Waals surface area contributed by atoms with Gasteiger partial charge in [0.15, 0.2) is 0 Å². The molecule has 0 saturated carbocycles. The number of carbonyl (C=O) groups excluding carboxylic acids is 1. The SMILES string of the molecule is Cc1ccc(-c2ccc3c(c2)C=C(C(=O)[O-])CCN3C)cc1. The number of carbonyl (C=O) groups is 1. The van der Waals surface area contributed by atoms with Crippen LogP contribution in [0.25, 0.3) is 17.2 Å². The fourth-order valence-electron chi connectivity index (χ4n) is 2.77. The molecule has 112 valence electrons. The maximum absolute atomic E-state index is 11.2. The second-order valence-electron chi connectivity index (χ2n) is 5.77. The monoisotopic (exact) mass is 292 g/mol. The zero-order valence-corrected chi connectivity index (χ0v) is 12.8. The average molecular weight is 292 g/mol. The zero-order valence-electron chi connectivity index (χ0n) is 12.8. The number of hydrogen-bond acceptors (Lipinski definition) is 3. The fourth-order valence-corrected chi connectivity index (χ4v) is 2.77. The van der Waals surface area contributed by atoms with Gasteiger partial charge in [0.05, 0.1) is 5.97 Å². The van der Waals surface area contributed by atoms with Crippen molar-refractivity contribution in [3.05, 3.63) is 59.2 Å². The van der Waals surface area contributed by atoms with Crippen LogP contribution in [0.4, 0.5) is 5.69 Å². The highest BCUT2D eigenvalue weighted by atomic mass is 16.4. The summed E-state index contributed by atoms with van der Waals surface area (Å²) in [7, 11) is 1.98. The van der Waals surface area contributed by atoms with Gasteiger partial charge in [0.25, 0.3) is 0 Å². The topological polar surface area (TPSA) is 43.4 Å². The van der Waals surface area contributed by atoms with E-state index in [1.165, 1.54) is 5.56 Å². The molecule has 2 aromatic rings. The van der Waals surface area contributed by atoms with Crippen LogP contribution in [0.1, 0.15) is 17.5 Å². The first-order valence-electron chi connectivity index (χ1n) is 7.39. The quantitative estimate of drug-likeness (QED) is 0.854. The Morgan fingerprint density at radius 1 is 1.09 bits per heavy atom. The van der Waals surface area contributed by atoms with Gasteiger partial charge in [-0.1, -0.05) is 35.9 Å². The van der Waals surface area contributed by atoms with E-state index >= 15 is 0 Å². The molecule has 0 saturated heterocycles. The first-order chi connectivity index (χ1) is 10.5. The normalized spacial score (nSPS) is 14.1. The standard InChI is InChI=1S/C19H19NO2/c1-13-3-5-14(6-4-13)15-7-8-18-17(11-15)12-16(19(21)22)9-10-20(18)2/h3-8,11-12H,9-10H2,1-2H3,(H,21,22)/p-1. The second kappa shape index (κ2) is 5.68. The minimum absolute atomic E-state index is 0.353. The van der Waals surface area contributed by atoms with Crippen LogP contribution in [0.3, 0.4) is 0 Å². The molecule has 0 aliphatic carbocycles. The van der Waals surface area contributed by atoms with Crippen LogP contribution < -0.4 is 10.0 Å². The van der Waals surface area contributed by atoms with Gasteiger partial charge in [0.2, 0.25) is 0 Å². The van der Waals surface area contributed by atoms with E-state index in [1.807, 2.05) is 13.1 Å². The van der Waals surface area contributed by atoms with Crippen LogP contribution in [0.5, 0.6) is 0 Å². The fraction of sp³-hybridized carbons (Fsp3) is 0.211. The maximum Gasteiger partial charge on any atom is 0.0675 e. The Labute approximate surface area is 130 Å². The van der Waals surface area contributed by atoms with Crippen LogP contribution in [-0.4, -0.2) is 19.6 Å². The minimum Gasteiger partial charge on any atom is -0.545 e. The highest BCUT2D eigenvalue weighted by Gasteiger charge is 2.14. The molecule has 1 aliphatic rings. The third-order valence-electron chi connectivity index (χ3n) is 4.13. The number of anilines is 1. The van der Waals surface area contributed by atoms with Crippen molar-refractivity contribution in [3.63, 3.8) is 0 Å². The summed E-state index contributed by atoms with van der Waals surface area (Å²) in [6.07, 6.45) is 2.24. The van der Waals surface area contributed by atoms with Gasteiger partial charge >= 0.3 is 0 Å². The third kappa shape index (κ3) is 2.75. The first kappa shape index (κ1) is 14.4. The molecule has 0 amide bonds. The molecule has 2 aromatic carbocycles. The van der Waals surface area contributed by atoms with Gasteiger partial charge in [-0.05, 0) is 53.8 Å². The number of aliphatic carboxylic acids is 1. The Morgan fingerprint density at radius 2 is 1.77 bits per heavy atom. The van der Waals surface area contributed by atoms with E-state index in [0.29, 0.717) is 18.5 Å². The van der Waals surface area contributed by atoms with Crippen LogP contribution in [0.2, 0.25) is 0 Å². The Kier molecular flexibility index (Phi) is 3.72. The van der Waals surface area contributed by atoms with Gasteiger partial charge in [-0.15, -0.1) is 0 Å². The molecule has 0 aromatic heterocycles. The Balaban J connectivity index is 2.09. The largest absolute Gasteiger partial charge is 0.545 e. The summed E-state index contributed by atoms with van der Waals surface area (Å²) in [6.45, 7) is 2.74. The molecular formula is C19H18NO2-. The number of carboxylic acids is 1. The lowest BCUT2D eigenvalue weighted by Gasteiger charge is -2.20. The number of benzene rings is 2. The lowest BCUT2D eigenvalue weighted by Crippen LogP contribution is -2.26. The number of rotatable bonds is 2. The number of carboxylic acid groups (broad SMARTS) is 1. The Bertz CT molecular complexity index is 745. The lowest BCUT2D eigenvalue weighted by molar-refractivity contribution is -0.299. The van der Waals surface area contributed by atoms with Gasteiger partial charge in [0.1, 0.15) is 0 Å². The molecule has 0 bridgehead atoms. The average Bonchev–Trinajstić information content (AvgIpc) is 2.67. The molecule has 3 rings (SSSR count). The third-order valence-corrected chi connectivity index (χ3v) is 4.13. The van der Waals surface area contributed by atoms with Gasteiger partial charge in [-0.3, -0.25) is 0 Å². The highest BCUT2D eigenvalue weighted by molar-refractivity contribution is 5.93. The van der Waals surface area contributed by atoms with Crippen molar-refractivity contribution in [2.45, 2.75) is 13.3 Å². The molecule has 3 nitrogen and oxygen atoms in total. The van der Waals surface area contributed by atoms with E-state index in [2.05, 4.69) is 48.2 Å². The van der Waals surface area contributed by atoms with Gasteiger partial charge < -0.3 is 14.8 Å². The molecule has 0 N–H and O–H groups in total. The van der Waals surface area contributed by atoms with Crippen LogP contribution >= 0.6 is 0 Å². The van der Waals surface area contributed by atoms with Gasteiger partial charge in [-0.2, -0.15) is 0 Å². The molecule has 0 unspecified atom stereocenters. The highest BCUT2D eigenvalue weighted by Crippen LogP contribution is 2.31. The minimum atomic E-state index is -1.08. The molecule has 22 heavy (non-hydrogen) atoms. The van der Waals surface area contributed by atoms with Crippen LogP contribution in [-0.2, 0) is 4.79 Å². The zero-order chi connectivity index (χ0) is 15.7. The number of hydrogen-bond donors (Lipinski definition) is 0. The van der Waals surface area contributed by atoms with E-state index < -0.39 is 5.97 Å². The summed E-state index contributed by atoms with van der Waals surface area (Å²) in [6, 6.07) is 14.5. The second-order valence-corrected chi connectivity index (χ2v) is 5.77. The van der Waals surface area contributed by atoms with Crippen molar-refractivity contribution in [3.8, 4) is 11.1 Å². The van der Waals surface area contributed by atoms with E-state index in [9.17, 15) is 9.90 Å². The molecule has 0 atom stereocenters. The molecule has 0 fully saturated rings. The molecule has 1 aliphatic heterocycles. The smallest absolute Gasteiger partial charge is 0.0675 e. The molecular weight excluding hydrogens is 274 g/mol. The van der Waals surface area contributed by atoms with Crippen molar-refractivity contribution in [2.24, 2.45) is 0 Å². The van der Waals surface area contributed by atoms with E-state index in [1.54, 1.807) is 6.08 Å². The Hall–Kier alpha value is -2.55. The Morgan fingerprint density at radius 3 is 2.45 bits per heavy atom. The number of fused-ring (bicyclic) bond motifs is 1.